The lowest BCUT2D eigenvalue weighted by Gasteiger charge is -2.21. The van der Waals surface area contributed by atoms with E-state index in [1.54, 1.807) is 29.2 Å². The second-order valence-electron chi connectivity index (χ2n) is 6.33. The quantitative estimate of drug-likeness (QED) is 0.356. The zero-order valence-electron chi connectivity index (χ0n) is 15.4. The normalized spacial score (nSPS) is 10.9. The van der Waals surface area contributed by atoms with Gasteiger partial charge in [0.2, 0.25) is 0 Å². The number of rotatable bonds is 5. The fourth-order valence-electron chi connectivity index (χ4n) is 2.99. The van der Waals surface area contributed by atoms with E-state index in [1.807, 2.05) is 42.5 Å². The minimum Gasteiger partial charge on any atom is -0.496 e. The van der Waals surface area contributed by atoms with E-state index >= 15 is 0 Å². The lowest BCUT2D eigenvalue weighted by Crippen LogP contribution is -2.30. The molecule has 0 radical (unpaired) electrons. The van der Waals surface area contributed by atoms with Crippen LogP contribution in [0.4, 0.5) is 5.13 Å². The van der Waals surface area contributed by atoms with Crippen LogP contribution in [0.25, 0.3) is 10.2 Å². The molecule has 29 heavy (non-hydrogen) atoms. The van der Waals surface area contributed by atoms with E-state index in [4.69, 9.17) is 27.9 Å². The number of thiazole rings is 1. The van der Waals surface area contributed by atoms with Gasteiger partial charge in [-0.05, 0) is 42.0 Å². The first-order valence-electron chi connectivity index (χ1n) is 8.80. The van der Waals surface area contributed by atoms with Gasteiger partial charge in [0.15, 0.2) is 5.13 Å². The largest absolute Gasteiger partial charge is 0.496 e. The summed E-state index contributed by atoms with van der Waals surface area (Å²) < 4.78 is 6.31. The number of amides is 1. The third-order valence-electron chi connectivity index (χ3n) is 4.39. The highest BCUT2D eigenvalue weighted by Crippen LogP contribution is 2.34. The molecule has 7 heteroatoms. The smallest absolute Gasteiger partial charge is 0.264 e. The summed E-state index contributed by atoms with van der Waals surface area (Å²) in [6.45, 7) is 0.364. The molecule has 0 aliphatic heterocycles. The molecule has 0 unspecified atom stereocenters. The van der Waals surface area contributed by atoms with Gasteiger partial charge in [0, 0.05) is 10.0 Å². The SMILES string of the molecule is COc1ccc(Cl)cc1C(=O)N(Cc1ccccc1)c1nc2ccc(Cl)cc2s1. The Balaban J connectivity index is 1.81. The number of methoxy groups -OCH3 is 1. The number of aromatic nitrogens is 1. The molecule has 4 rings (SSSR count). The standard InChI is InChI=1S/C22H16Cl2N2O2S/c1-28-19-10-8-15(23)11-17(19)21(27)26(13-14-5-3-2-4-6-14)22-25-18-9-7-16(24)12-20(18)29-22/h2-12H,13H2,1H3. The molecule has 0 N–H and O–H groups in total. The van der Waals surface area contributed by atoms with Gasteiger partial charge in [-0.25, -0.2) is 4.98 Å². The van der Waals surface area contributed by atoms with Crippen LogP contribution in [0.2, 0.25) is 10.0 Å². The van der Waals surface area contributed by atoms with Gasteiger partial charge in [-0.2, -0.15) is 0 Å². The van der Waals surface area contributed by atoms with Crippen LogP contribution >= 0.6 is 34.5 Å². The Morgan fingerprint density at radius 1 is 1.03 bits per heavy atom. The first-order valence-corrected chi connectivity index (χ1v) is 10.4. The molecular formula is C22H16Cl2N2O2S. The molecular weight excluding hydrogens is 427 g/mol. The number of benzene rings is 3. The Labute approximate surface area is 182 Å². The van der Waals surface area contributed by atoms with Crippen molar-refractivity contribution in [3.05, 3.63) is 87.9 Å². The molecule has 0 saturated carbocycles. The van der Waals surface area contributed by atoms with Crippen molar-refractivity contribution in [2.45, 2.75) is 6.54 Å². The minimum absolute atomic E-state index is 0.238. The van der Waals surface area contributed by atoms with Crippen molar-refractivity contribution in [2.24, 2.45) is 0 Å². The summed E-state index contributed by atoms with van der Waals surface area (Å²) in [5.74, 6) is 0.222. The number of carbonyl (C=O) groups excluding carboxylic acids is 1. The molecule has 3 aromatic carbocycles. The molecule has 0 aliphatic carbocycles. The molecule has 1 heterocycles. The number of hydrogen-bond donors (Lipinski definition) is 0. The first-order chi connectivity index (χ1) is 14.0. The summed E-state index contributed by atoms with van der Waals surface area (Å²) in [4.78, 5) is 19.9. The van der Waals surface area contributed by atoms with E-state index < -0.39 is 0 Å². The zero-order chi connectivity index (χ0) is 20.4. The molecule has 0 fully saturated rings. The van der Waals surface area contributed by atoms with Crippen molar-refractivity contribution in [1.29, 1.82) is 0 Å². The van der Waals surface area contributed by atoms with E-state index in [0.29, 0.717) is 33.0 Å². The number of anilines is 1. The van der Waals surface area contributed by atoms with E-state index in [9.17, 15) is 4.79 Å². The number of nitrogens with zero attached hydrogens (tertiary/aromatic N) is 2. The van der Waals surface area contributed by atoms with Crippen LogP contribution in [-0.2, 0) is 6.54 Å². The average molecular weight is 443 g/mol. The highest BCUT2D eigenvalue weighted by atomic mass is 35.5. The lowest BCUT2D eigenvalue weighted by atomic mass is 10.1. The fourth-order valence-corrected chi connectivity index (χ4v) is 4.40. The van der Waals surface area contributed by atoms with Gasteiger partial charge in [-0.15, -0.1) is 0 Å². The summed E-state index contributed by atoms with van der Waals surface area (Å²) in [6.07, 6.45) is 0. The van der Waals surface area contributed by atoms with Gasteiger partial charge in [0.05, 0.1) is 29.4 Å². The molecule has 0 bridgehead atoms. The predicted octanol–water partition coefficient (Wildman–Crippen LogP) is 6.46. The Bertz CT molecular complexity index is 1180. The highest BCUT2D eigenvalue weighted by molar-refractivity contribution is 7.22. The van der Waals surface area contributed by atoms with E-state index in [0.717, 1.165) is 15.8 Å². The highest BCUT2D eigenvalue weighted by Gasteiger charge is 2.24. The Kier molecular flexibility index (Phi) is 5.72. The van der Waals surface area contributed by atoms with Crippen LogP contribution in [-0.4, -0.2) is 18.0 Å². The van der Waals surface area contributed by atoms with Crippen LogP contribution in [0.1, 0.15) is 15.9 Å². The van der Waals surface area contributed by atoms with E-state index in [1.165, 1.54) is 18.4 Å². The van der Waals surface area contributed by atoms with Crippen molar-refractivity contribution >= 4 is 55.8 Å². The fraction of sp³-hybridized carbons (Fsp3) is 0.0909. The molecule has 0 spiro atoms. The van der Waals surface area contributed by atoms with Crippen LogP contribution in [0.15, 0.2) is 66.7 Å². The first kappa shape index (κ1) is 19.7. The maximum atomic E-state index is 13.6. The maximum absolute atomic E-state index is 13.6. The second kappa shape index (κ2) is 8.41. The molecule has 0 aliphatic rings. The minimum atomic E-state index is -0.238. The molecule has 4 aromatic rings. The molecule has 1 amide bonds. The van der Waals surface area contributed by atoms with Gasteiger partial charge in [0.25, 0.3) is 5.91 Å². The molecule has 0 saturated heterocycles. The lowest BCUT2D eigenvalue weighted by molar-refractivity contribution is 0.0982. The van der Waals surface area contributed by atoms with Crippen LogP contribution < -0.4 is 9.64 Å². The van der Waals surface area contributed by atoms with Crippen molar-refractivity contribution in [1.82, 2.24) is 4.98 Å². The van der Waals surface area contributed by atoms with Crippen molar-refractivity contribution in [3.8, 4) is 5.75 Å². The monoisotopic (exact) mass is 442 g/mol. The summed E-state index contributed by atoms with van der Waals surface area (Å²) >= 11 is 13.7. The van der Waals surface area contributed by atoms with Crippen LogP contribution in [0.3, 0.4) is 0 Å². The molecule has 4 nitrogen and oxygen atoms in total. The van der Waals surface area contributed by atoms with Gasteiger partial charge in [-0.1, -0.05) is 64.9 Å². The predicted molar refractivity (Wildman–Crippen MR) is 120 cm³/mol. The van der Waals surface area contributed by atoms with Gasteiger partial charge in [0.1, 0.15) is 5.75 Å². The Morgan fingerprint density at radius 3 is 2.52 bits per heavy atom. The molecule has 1 aromatic heterocycles. The Morgan fingerprint density at radius 2 is 1.76 bits per heavy atom. The van der Waals surface area contributed by atoms with Gasteiger partial charge < -0.3 is 4.74 Å². The molecule has 0 atom stereocenters. The number of hydrogen-bond acceptors (Lipinski definition) is 4. The summed E-state index contributed by atoms with van der Waals surface area (Å²) in [5, 5.41) is 1.67. The molecule has 146 valence electrons. The van der Waals surface area contributed by atoms with Gasteiger partial charge >= 0.3 is 0 Å². The van der Waals surface area contributed by atoms with Crippen LogP contribution in [0.5, 0.6) is 5.75 Å². The summed E-state index contributed by atoms with van der Waals surface area (Å²) in [7, 11) is 1.53. The number of ether oxygens (including phenoxy) is 1. The van der Waals surface area contributed by atoms with Crippen molar-refractivity contribution in [3.63, 3.8) is 0 Å². The maximum Gasteiger partial charge on any atom is 0.264 e. The average Bonchev–Trinajstić information content (AvgIpc) is 3.15. The summed E-state index contributed by atoms with van der Waals surface area (Å²) in [5.41, 5.74) is 2.16. The number of fused-ring (bicyclic) bond motifs is 1. The topological polar surface area (TPSA) is 42.4 Å². The van der Waals surface area contributed by atoms with Crippen LogP contribution in [0, 0.1) is 0 Å². The second-order valence-corrected chi connectivity index (χ2v) is 8.21. The number of halogens is 2. The number of carbonyl (C=O) groups is 1. The van der Waals surface area contributed by atoms with E-state index in [2.05, 4.69) is 4.98 Å². The summed E-state index contributed by atoms with van der Waals surface area (Å²) in [6, 6.07) is 20.3. The Hall–Kier alpha value is -2.60. The van der Waals surface area contributed by atoms with E-state index in [-0.39, 0.29) is 5.91 Å². The zero-order valence-corrected chi connectivity index (χ0v) is 17.8. The third-order valence-corrected chi connectivity index (χ3v) is 5.90. The third kappa shape index (κ3) is 4.22. The van der Waals surface area contributed by atoms with Gasteiger partial charge in [-0.3, -0.25) is 9.69 Å². The van der Waals surface area contributed by atoms with Crippen molar-refractivity contribution < 1.29 is 9.53 Å². The van der Waals surface area contributed by atoms with Crippen molar-refractivity contribution in [2.75, 3.05) is 12.0 Å².